The highest BCUT2D eigenvalue weighted by atomic mass is 16.5. The molecule has 0 spiro atoms. The molecule has 0 aliphatic carbocycles. The van der Waals surface area contributed by atoms with Crippen LogP contribution in [0.25, 0.3) is 5.57 Å². The lowest BCUT2D eigenvalue weighted by Gasteiger charge is -2.28. The monoisotopic (exact) mass is 419 g/mol. The second kappa shape index (κ2) is 9.04. The van der Waals surface area contributed by atoms with Crippen molar-refractivity contribution in [2.75, 3.05) is 44.7 Å². The second-order valence-corrected chi connectivity index (χ2v) is 8.28. The van der Waals surface area contributed by atoms with Crippen LogP contribution in [-0.4, -0.2) is 61.0 Å². The number of hydrogen-bond donors (Lipinski definition) is 1. The molecule has 0 bridgehead atoms. The summed E-state index contributed by atoms with van der Waals surface area (Å²) in [5.74, 6) is -0.505. The van der Waals surface area contributed by atoms with E-state index in [9.17, 15) is 9.59 Å². The summed E-state index contributed by atoms with van der Waals surface area (Å²) in [5, 5.41) is 3.25. The Hall–Kier alpha value is -2.96. The van der Waals surface area contributed by atoms with E-state index in [0.717, 1.165) is 41.0 Å². The first kappa shape index (κ1) is 21.3. The van der Waals surface area contributed by atoms with E-state index in [0.29, 0.717) is 37.6 Å². The predicted molar refractivity (Wildman–Crippen MR) is 122 cm³/mol. The molecule has 0 unspecified atom stereocenters. The van der Waals surface area contributed by atoms with Gasteiger partial charge in [-0.15, -0.1) is 0 Å². The lowest BCUT2D eigenvalue weighted by atomic mass is 9.97. The number of morpholine rings is 1. The van der Waals surface area contributed by atoms with Crippen molar-refractivity contribution < 1.29 is 14.3 Å². The van der Waals surface area contributed by atoms with E-state index in [4.69, 9.17) is 4.74 Å². The number of imide groups is 1. The number of nitrogens with one attached hydrogen (secondary N) is 1. The third kappa shape index (κ3) is 4.55. The number of aryl methyl sites for hydroxylation is 3. The van der Waals surface area contributed by atoms with Gasteiger partial charge in [0.2, 0.25) is 0 Å². The molecule has 0 saturated carbocycles. The lowest BCUT2D eigenvalue weighted by molar-refractivity contribution is -0.137. The minimum Gasteiger partial charge on any atom is -0.379 e. The minimum absolute atomic E-state index is 0.236. The zero-order valence-electron chi connectivity index (χ0n) is 18.4. The van der Waals surface area contributed by atoms with E-state index in [-0.39, 0.29) is 11.8 Å². The van der Waals surface area contributed by atoms with Gasteiger partial charge in [-0.2, -0.15) is 0 Å². The number of carbonyl (C=O) groups excluding carboxylic acids is 2. The number of amides is 2. The third-order valence-electron chi connectivity index (χ3n) is 5.85. The van der Waals surface area contributed by atoms with Gasteiger partial charge in [-0.05, 0) is 49.6 Å². The molecule has 6 heteroatoms. The zero-order chi connectivity index (χ0) is 22.0. The summed E-state index contributed by atoms with van der Waals surface area (Å²) < 4.78 is 5.40. The van der Waals surface area contributed by atoms with Crippen molar-refractivity contribution >= 4 is 23.1 Å². The molecule has 2 aliphatic heterocycles. The summed E-state index contributed by atoms with van der Waals surface area (Å²) in [6.07, 6.45) is 0. The molecule has 2 aromatic rings. The Morgan fingerprint density at radius 2 is 1.65 bits per heavy atom. The molecule has 2 amide bonds. The van der Waals surface area contributed by atoms with Crippen molar-refractivity contribution in [1.29, 1.82) is 0 Å². The molecule has 1 saturated heterocycles. The highest BCUT2D eigenvalue weighted by Gasteiger charge is 2.39. The molecule has 162 valence electrons. The molecule has 4 rings (SSSR count). The minimum atomic E-state index is -0.269. The molecule has 6 nitrogen and oxygen atoms in total. The van der Waals surface area contributed by atoms with E-state index in [1.54, 1.807) is 0 Å². The molecule has 1 fully saturated rings. The van der Waals surface area contributed by atoms with Gasteiger partial charge in [-0.1, -0.05) is 35.9 Å². The summed E-state index contributed by atoms with van der Waals surface area (Å²) >= 11 is 0. The average Bonchev–Trinajstić information content (AvgIpc) is 2.97. The van der Waals surface area contributed by atoms with Crippen LogP contribution in [0, 0.1) is 20.8 Å². The summed E-state index contributed by atoms with van der Waals surface area (Å²) in [6, 6.07) is 13.8. The number of anilines is 1. The number of rotatable bonds is 6. The van der Waals surface area contributed by atoms with Gasteiger partial charge in [0.1, 0.15) is 5.70 Å². The maximum Gasteiger partial charge on any atom is 0.278 e. The van der Waals surface area contributed by atoms with Gasteiger partial charge in [0.25, 0.3) is 11.8 Å². The van der Waals surface area contributed by atoms with Gasteiger partial charge in [0.05, 0.1) is 18.8 Å². The molecule has 0 radical (unpaired) electrons. The number of ether oxygens (including phenoxy) is 1. The maximum atomic E-state index is 13.5. The second-order valence-electron chi connectivity index (χ2n) is 8.28. The molecule has 2 heterocycles. The molecule has 0 aromatic heterocycles. The van der Waals surface area contributed by atoms with Crippen LogP contribution in [0.3, 0.4) is 0 Å². The molecule has 0 atom stereocenters. The lowest BCUT2D eigenvalue weighted by Crippen LogP contribution is -2.43. The standard InChI is InChI=1S/C25H29N3O3/c1-17-5-4-6-20(16-17)26-23-22(21-8-7-18(2)15-19(21)3)24(29)28(25(23)30)10-9-27-11-13-31-14-12-27/h4-8,15-16,26H,9-14H2,1-3H3. The Kier molecular flexibility index (Phi) is 6.20. The highest BCUT2D eigenvalue weighted by molar-refractivity contribution is 6.36. The topological polar surface area (TPSA) is 61.9 Å². The van der Waals surface area contributed by atoms with Gasteiger partial charge in [0.15, 0.2) is 0 Å². The maximum absolute atomic E-state index is 13.5. The summed E-state index contributed by atoms with van der Waals surface area (Å²) in [5.41, 5.74) is 5.59. The molecular weight excluding hydrogens is 390 g/mol. The smallest absolute Gasteiger partial charge is 0.278 e. The SMILES string of the molecule is Cc1cccc(NC2=C(c3ccc(C)cc3C)C(=O)N(CCN3CCOCC3)C2=O)c1. The largest absolute Gasteiger partial charge is 0.379 e. The van der Waals surface area contributed by atoms with Crippen molar-refractivity contribution in [3.8, 4) is 0 Å². The van der Waals surface area contributed by atoms with Crippen molar-refractivity contribution in [2.45, 2.75) is 20.8 Å². The summed E-state index contributed by atoms with van der Waals surface area (Å²) in [6.45, 7) is 10.0. The fourth-order valence-corrected chi connectivity index (χ4v) is 4.17. The number of carbonyl (C=O) groups is 2. The Balaban J connectivity index is 1.66. The Bertz CT molecular complexity index is 1040. The number of hydrogen-bond acceptors (Lipinski definition) is 5. The zero-order valence-corrected chi connectivity index (χ0v) is 18.4. The predicted octanol–water partition coefficient (Wildman–Crippen LogP) is 3.14. The van der Waals surface area contributed by atoms with Crippen LogP contribution in [0.2, 0.25) is 0 Å². The van der Waals surface area contributed by atoms with E-state index in [1.165, 1.54) is 4.90 Å². The van der Waals surface area contributed by atoms with Gasteiger partial charge in [-0.3, -0.25) is 19.4 Å². The van der Waals surface area contributed by atoms with Crippen molar-refractivity contribution in [3.05, 3.63) is 70.4 Å². The van der Waals surface area contributed by atoms with Crippen LogP contribution < -0.4 is 5.32 Å². The van der Waals surface area contributed by atoms with Crippen LogP contribution >= 0.6 is 0 Å². The number of benzene rings is 2. The molecule has 2 aromatic carbocycles. The molecule has 2 aliphatic rings. The van der Waals surface area contributed by atoms with E-state index in [1.807, 2.05) is 63.2 Å². The number of nitrogens with zero attached hydrogens (tertiary/aromatic N) is 2. The van der Waals surface area contributed by atoms with E-state index < -0.39 is 0 Å². The quantitative estimate of drug-likeness (QED) is 0.729. The van der Waals surface area contributed by atoms with Crippen LogP contribution in [0.5, 0.6) is 0 Å². The van der Waals surface area contributed by atoms with Crippen molar-refractivity contribution in [1.82, 2.24) is 9.80 Å². The highest BCUT2D eigenvalue weighted by Crippen LogP contribution is 2.32. The van der Waals surface area contributed by atoms with Crippen molar-refractivity contribution in [2.24, 2.45) is 0 Å². The average molecular weight is 420 g/mol. The van der Waals surface area contributed by atoms with Gasteiger partial charge in [-0.25, -0.2) is 0 Å². The fraction of sp³-hybridized carbons (Fsp3) is 0.360. The first-order valence-corrected chi connectivity index (χ1v) is 10.8. The van der Waals surface area contributed by atoms with Gasteiger partial charge in [0, 0.05) is 31.9 Å². The van der Waals surface area contributed by atoms with Crippen molar-refractivity contribution in [3.63, 3.8) is 0 Å². The van der Waals surface area contributed by atoms with Crippen LogP contribution in [0.15, 0.2) is 48.2 Å². The first-order chi connectivity index (χ1) is 14.9. The van der Waals surface area contributed by atoms with Gasteiger partial charge < -0.3 is 10.1 Å². The first-order valence-electron chi connectivity index (χ1n) is 10.8. The fourth-order valence-electron chi connectivity index (χ4n) is 4.17. The van der Waals surface area contributed by atoms with Gasteiger partial charge >= 0.3 is 0 Å². The molecular formula is C25H29N3O3. The summed E-state index contributed by atoms with van der Waals surface area (Å²) in [4.78, 5) is 30.4. The molecule has 31 heavy (non-hydrogen) atoms. The van der Waals surface area contributed by atoms with Crippen LogP contribution in [-0.2, 0) is 14.3 Å². The van der Waals surface area contributed by atoms with E-state index in [2.05, 4.69) is 10.2 Å². The normalized spacial score (nSPS) is 17.6. The van der Waals surface area contributed by atoms with Crippen LogP contribution in [0.1, 0.15) is 22.3 Å². The Morgan fingerprint density at radius 1 is 0.903 bits per heavy atom. The third-order valence-corrected chi connectivity index (χ3v) is 5.85. The van der Waals surface area contributed by atoms with E-state index >= 15 is 0 Å². The Labute approximate surface area is 183 Å². The van der Waals surface area contributed by atoms with Crippen LogP contribution in [0.4, 0.5) is 5.69 Å². The Morgan fingerprint density at radius 3 is 2.35 bits per heavy atom. The molecule has 1 N–H and O–H groups in total. The summed E-state index contributed by atoms with van der Waals surface area (Å²) in [7, 11) is 0.